The van der Waals surface area contributed by atoms with E-state index in [4.69, 9.17) is 5.11 Å². The van der Waals surface area contributed by atoms with Gasteiger partial charge in [-0.2, -0.15) is 0 Å². The molecule has 0 spiro atoms. The molecule has 1 N–H and O–H groups in total. The van der Waals surface area contributed by atoms with Gasteiger partial charge in [-0.15, -0.1) is 0 Å². The summed E-state index contributed by atoms with van der Waals surface area (Å²) in [6.07, 6.45) is 7.55. The van der Waals surface area contributed by atoms with Gasteiger partial charge in [0.2, 0.25) is 10.4 Å². The summed E-state index contributed by atoms with van der Waals surface area (Å²) >= 11 is 0. The van der Waals surface area contributed by atoms with Crippen LogP contribution in [0, 0.1) is 0 Å². The Morgan fingerprint density at radius 2 is 1.50 bits per heavy atom. The summed E-state index contributed by atoms with van der Waals surface area (Å²) in [5.74, 6) is 0.322. The van der Waals surface area contributed by atoms with E-state index in [1.807, 2.05) is 6.07 Å². The average Bonchev–Trinajstić information content (AvgIpc) is 2.42. The molecule has 1 aromatic rings. The quantitative estimate of drug-likeness (QED) is 0.306. The molecule has 0 radical (unpaired) electrons. The Balaban J connectivity index is 0. The number of phenolic OH excluding ortho intramolecular Hbond substituents is 1. The summed E-state index contributed by atoms with van der Waals surface area (Å²) < 4.78 is 34.2. The third kappa shape index (κ3) is 19.4. The van der Waals surface area contributed by atoms with E-state index in [2.05, 4.69) is 11.1 Å². The van der Waals surface area contributed by atoms with Crippen molar-refractivity contribution in [3.8, 4) is 5.75 Å². The van der Waals surface area contributed by atoms with Crippen molar-refractivity contribution in [3.63, 3.8) is 0 Å². The van der Waals surface area contributed by atoms with Crippen LogP contribution in [-0.2, 0) is 31.7 Å². The Labute approximate surface area is 144 Å². The maximum absolute atomic E-state index is 10.0. The summed E-state index contributed by atoms with van der Waals surface area (Å²) in [5, 5.41) is 8.63. The Hall–Kier alpha value is -0.591. The zero-order chi connectivity index (χ0) is 16.0. The molecule has 0 saturated heterocycles. The van der Waals surface area contributed by atoms with Gasteiger partial charge >= 0.3 is 17.1 Å². The molecule has 1 aromatic carbocycles. The molecule has 1 rings (SSSR count). The zero-order valence-electron chi connectivity index (χ0n) is 12.8. The van der Waals surface area contributed by atoms with E-state index < -0.39 is 10.4 Å². The second-order valence-corrected chi connectivity index (χ2v) is 5.74. The van der Waals surface area contributed by atoms with Gasteiger partial charge in [0.25, 0.3) is 0 Å². The number of hydrogen-bond donors (Lipinski definition) is 1. The fourth-order valence-corrected chi connectivity index (χ4v) is 1.97. The SMILES string of the molecule is CCCCCCCCCOS(=O)(=O)[O-].Oc1ccccc1.[Cu+]. The molecule has 0 atom stereocenters. The third-order valence-electron chi connectivity index (χ3n) is 2.73. The van der Waals surface area contributed by atoms with Crippen LogP contribution in [0.3, 0.4) is 0 Å². The van der Waals surface area contributed by atoms with E-state index in [1.165, 1.54) is 25.7 Å². The first-order valence-electron chi connectivity index (χ1n) is 7.30. The van der Waals surface area contributed by atoms with Gasteiger partial charge in [0, 0.05) is 0 Å². The van der Waals surface area contributed by atoms with E-state index in [1.54, 1.807) is 24.3 Å². The molecule has 7 heteroatoms. The van der Waals surface area contributed by atoms with Gasteiger partial charge in [-0.05, 0) is 18.6 Å². The second kappa shape index (κ2) is 15.3. The molecular formula is C15H25CuO5S. The van der Waals surface area contributed by atoms with Crippen LogP contribution in [0.4, 0.5) is 0 Å². The van der Waals surface area contributed by atoms with E-state index in [0.717, 1.165) is 12.8 Å². The molecule has 0 fully saturated rings. The predicted octanol–water partition coefficient (Wildman–Crippen LogP) is 3.60. The summed E-state index contributed by atoms with van der Waals surface area (Å²) in [7, 11) is -4.48. The molecule has 0 saturated carbocycles. The predicted molar refractivity (Wildman–Crippen MR) is 81.7 cm³/mol. The van der Waals surface area contributed by atoms with E-state index in [0.29, 0.717) is 12.2 Å². The van der Waals surface area contributed by atoms with Crippen molar-refractivity contribution in [1.82, 2.24) is 0 Å². The van der Waals surface area contributed by atoms with Crippen LogP contribution in [0.15, 0.2) is 30.3 Å². The third-order valence-corrected chi connectivity index (χ3v) is 3.19. The van der Waals surface area contributed by atoms with E-state index >= 15 is 0 Å². The molecule has 0 aromatic heterocycles. The summed E-state index contributed by atoms with van der Waals surface area (Å²) in [4.78, 5) is 0. The van der Waals surface area contributed by atoms with Crippen molar-refractivity contribution < 1.29 is 39.3 Å². The van der Waals surface area contributed by atoms with Gasteiger partial charge in [0.05, 0.1) is 6.61 Å². The maximum Gasteiger partial charge on any atom is 1.00 e. The van der Waals surface area contributed by atoms with Crippen molar-refractivity contribution in [2.75, 3.05) is 6.61 Å². The van der Waals surface area contributed by atoms with E-state index in [-0.39, 0.29) is 23.7 Å². The minimum absolute atomic E-state index is 0. The van der Waals surface area contributed by atoms with E-state index in [9.17, 15) is 13.0 Å². The van der Waals surface area contributed by atoms with Crippen LogP contribution < -0.4 is 0 Å². The fourth-order valence-electron chi connectivity index (χ4n) is 1.65. The first kappa shape index (κ1) is 23.7. The Bertz CT molecular complexity index is 437. The van der Waals surface area contributed by atoms with Crippen LogP contribution in [0.2, 0.25) is 0 Å². The minimum Gasteiger partial charge on any atom is -0.726 e. The second-order valence-electron chi connectivity index (χ2n) is 4.69. The molecule has 22 heavy (non-hydrogen) atoms. The van der Waals surface area contributed by atoms with Crippen LogP contribution in [-0.4, -0.2) is 24.7 Å². The fraction of sp³-hybridized carbons (Fsp3) is 0.600. The van der Waals surface area contributed by atoms with Crippen LogP contribution in [0.25, 0.3) is 0 Å². The molecule has 0 unspecified atom stereocenters. The smallest absolute Gasteiger partial charge is 0.726 e. The van der Waals surface area contributed by atoms with Crippen LogP contribution in [0.5, 0.6) is 5.75 Å². The van der Waals surface area contributed by atoms with Crippen molar-refractivity contribution in [1.29, 1.82) is 0 Å². The molecular weight excluding hydrogens is 356 g/mol. The topological polar surface area (TPSA) is 86.7 Å². The van der Waals surface area contributed by atoms with Crippen LogP contribution >= 0.6 is 0 Å². The number of benzene rings is 1. The molecule has 0 aliphatic carbocycles. The van der Waals surface area contributed by atoms with Gasteiger partial charge in [0.1, 0.15) is 5.75 Å². The van der Waals surface area contributed by atoms with Gasteiger partial charge in [-0.25, -0.2) is 8.42 Å². The number of rotatable bonds is 9. The van der Waals surface area contributed by atoms with Gasteiger partial charge in [-0.3, -0.25) is 4.18 Å². The average molecular weight is 381 g/mol. The van der Waals surface area contributed by atoms with Crippen molar-refractivity contribution >= 4 is 10.4 Å². The number of aromatic hydroxyl groups is 1. The Morgan fingerprint density at radius 3 is 1.91 bits per heavy atom. The van der Waals surface area contributed by atoms with Crippen LogP contribution in [0.1, 0.15) is 51.9 Å². The monoisotopic (exact) mass is 380 g/mol. The maximum atomic E-state index is 10.0. The van der Waals surface area contributed by atoms with Gasteiger partial charge in [-0.1, -0.05) is 63.6 Å². The molecule has 0 bridgehead atoms. The molecule has 132 valence electrons. The molecule has 0 heterocycles. The standard InChI is InChI=1S/C9H20O4S.C6H6O.Cu/c1-2-3-4-5-6-7-8-9-13-14(10,11)12;7-6-4-2-1-3-5-6;/h2-9H2,1H3,(H,10,11,12);1-5,7H;/q;;+1/p-1. The summed E-state index contributed by atoms with van der Waals surface area (Å²) in [6.45, 7) is 2.19. The number of phenols is 1. The number of para-hydroxylation sites is 1. The minimum atomic E-state index is -4.48. The first-order chi connectivity index (χ1) is 9.95. The van der Waals surface area contributed by atoms with Gasteiger partial charge < -0.3 is 9.66 Å². The first-order valence-corrected chi connectivity index (χ1v) is 8.63. The molecule has 0 aliphatic rings. The largest absolute Gasteiger partial charge is 1.00 e. The Morgan fingerprint density at radius 1 is 1.00 bits per heavy atom. The summed E-state index contributed by atoms with van der Waals surface area (Å²) in [6, 6.07) is 8.71. The van der Waals surface area contributed by atoms with Crippen molar-refractivity contribution in [3.05, 3.63) is 30.3 Å². The molecule has 0 aliphatic heterocycles. The Kier molecular flexibility index (Phi) is 16.5. The molecule has 5 nitrogen and oxygen atoms in total. The van der Waals surface area contributed by atoms with Gasteiger partial charge in [0.15, 0.2) is 0 Å². The summed E-state index contributed by atoms with van der Waals surface area (Å²) in [5.41, 5.74) is 0. The molecule has 0 amide bonds. The van der Waals surface area contributed by atoms with Crippen molar-refractivity contribution in [2.24, 2.45) is 0 Å². The van der Waals surface area contributed by atoms with Crippen molar-refractivity contribution in [2.45, 2.75) is 51.9 Å². The zero-order valence-corrected chi connectivity index (χ0v) is 14.6. The number of unbranched alkanes of at least 4 members (excludes halogenated alkanes) is 6. The number of hydrogen-bond acceptors (Lipinski definition) is 5. The normalized spacial score (nSPS) is 10.3.